The molecule has 2 rings (SSSR count). The van der Waals surface area contributed by atoms with Gasteiger partial charge in [-0.05, 0) is 25.0 Å². The number of benzene rings is 1. The lowest BCUT2D eigenvalue weighted by atomic mass is 9.96. The lowest BCUT2D eigenvalue weighted by molar-refractivity contribution is 0.178. The zero-order valence-electron chi connectivity index (χ0n) is 13.0. The molecule has 0 radical (unpaired) electrons. The molecule has 22 heavy (non-hydrogen) atoms. The molecule has 2 amide bonds. The van der Waals surface area contributed by atoms with Crippen molar-refractivity contribution in [2.75, 3.05) is 19.8 Å². The first-order valence-corrected chi connectivity index (χ1v) is 8.12. The summed E-state index contributed by atoms with van der Waals surface area (Å²) in [6.07, 6.45) is 5.35. The minimum absolute atomic E-state index is 0.0718. The van der Waals surface area contributed by atoms with Crippen molar-refractivity contribution in [3.8, 4) is 5.75 Å². The second-order valence-corrected chi connectivity index (χ2v) is 5.75. The lowest BCUT2D eigenvalue weighted by Crippen LogP contribution is -2.46. The van der Waals surface area contributed by atoms with Crippen LogP contribution >= 0.6 is 0 Å². The molecule has 0 aliphatic heterocycles. The van der Waals surface area contributed by atoms with Crippen LogP contribution in [0.4, 0.5) is 4.79 Å². The van der Waals surface area contributed by atoms with Crippen molar-refractivity contribution in [3.05, 3.63) is 30.3 Å². The molecule has 2 unspecified atom stereocenters. The van der Waals surface area contributed by atoms with E-state index in [-0.39, 0.29) is 24.6 Å². The van der Waals surface area contributed by atoms with Crippen molar-refractivity contribution >= 4 is 6.03 Å². The van der Waals surface area contributed by atoms with E-state index in [4.69, 9.17) is 4.74 Å². The number of amides is 2. The molecule has 1 aromatic carbocycles. The van der Waals surface area contributed by atoms with Gasteiger partial charge in [-0.2, -0.15) is 0 Å². The van der Waals surface area contributed by atoms with Gasteiger partial charge in [-0.25, -0.2) is 4.79 Å². The van der Waals surface area contributed by atoms with Crippen molar-refractivity contribution in [1.82, 2.24) is 10.6 Å². The minimum atomic E-state index is -0.179. The van der Waals surface area contributed by atoms with Gasteiger partial charge >= 0.3 is 6.03 Å². The molecule has 122 valence electrons. The molecular formula is C17H26N2O3. The van der Waals surface area contributed by atoms with Crippen molar-refractivity contribution in [2.24, 2.45) is 5.92 Å². The van der Waals surface area contributed by atoms with Crippen molar-refractivity contribution in [2.45, 2.75) is 38.1 Å². The van der Waals surface area contributed by atoms with Crippen LogP contribution in [0.15, 0.2) is 30.3 Å². The Kier molecular flexibility index (Phi) is 7.03. The highest BCUT2D eigenvalue weighted by Crippen LogP contribution is 2.23. The maximum absolute atomic E-state index is 11.9. The quantitative estimate of drug-likeness (QED) is 0.558. The Balaban J connectivity index is 1.66. The van der Waals surface area contributed by atoms with Gasteiger partial charge in [0.05, 0.1) is 6.54 Å². The Labute approximate surface area is 132 Å². The first-order chi connectivity index (χ1) is 10.8. The Morgan fingerprint density at radius 3 is 2.73 bits per heavy atom. The van der Waals surface area contributed by atoms with Gasteiger partial charge in [-0.15, -0.1) is 0 Å². The van der Waals surface area contributed by atoms with Crippen molar-refractivity contribution in [1.29, 1.82) is 0 Å². The van der Waals surface area contributed by atoms with E-state index in [0.29, 0.717) is 13.2 Å². The van der Waals surface area contributed by atoms with Crippen molar-refractivity contribution < 1.29 is 14.6 Å². The Bertz CT molecular complexity index is 439. The molecule has 1 saturated carbocycles. The summed E-state index contributed by atoms with van der Waals surface area (Å²) in [5.74, 6) is 0.975. The molecule has 1 aliphatic carbocycles. The molecule has 5 nitrogen and oxygen atoms in total. The largest absolute Gasteiger partial charge is 0.492 e. The van der Waals surface area contributed by atoms with Gasteiger partial charge in [0.2, 0.25) is 0 Å². The van der Waals surface area contributed by atoms with Gasteiger partial charge in [0.1, 0.15) is 12.4 Å². The summed E-state index contributed by atoms with van der Waals surface area (Å²) in [6, 6.07) is 9.43. The third-order valence-corrected chi connectivity index (χ3v) is 4.11. The molecule has 0 heterocycles. The van der Waals surface area contributed by atoms with Crippen LogP contribution in [-0.2, 0) is 0 Å². The molecule has 2 atom stereocenters. The summed E-state index contributed by atoms with van der Waals surface area (Å²) in [4.78, 5) is 11.9. The first kappa shape index (κ1) is 16.6. The predicted octanol–water partition coefficient (Wildman–Crippen LogP) is 2.31. The third-order valence-electron chi connectivity index (χ3n) is 4.11. The van der Waals surface area contributed by atoms with Crippen LogP contribution in [0.5, 0.6) is 5.75 Å². The molecule has 0 bridgehead atoms. The number of urea groups is 1. The van der Waals surface area contributed by atoms with E-state index in [9.17, 15) is 9.90 Å². The van der Waals surface area contributed by atoms with E-state index in [2.05, 4.69) is 10.6 Å². The van der Waals surface area contributed by atoms with Crippen LogP contribution < -0.4 is 15.4 Å². The Morgan fingerprint density at radius 2 is 1.95 bits per heavy atom. The van der Waals surface area contributed by atoms with Crippen LogP contribution in [-0.4, -0.2) is 36.9 Å². The monoisotopic (exact) mass is 306 g/mol. The maximum Gasteiger partial charge on any atom is 0.315 e. The summed E-state index contributed by atoms with van der Waals surface area (Å²) < 4.78 is 5.53. The zero-order chi connectivity index (χ0) is 15.6. The number of aliphatic hydroxyl groups excluding tert-OH is 1. The molecule has 0 saturated heterocycles. The summed E-state index contributed by atoms with van der Waals surface area (Å²) in [7, 11) is 0. The molecular weight excluding hydrogens is 280 g/mol. The number of nitrogens with one attached hydrogen (secondary N) is 2. The summed E-state index contributed by atoms with van der Waals surface area (Å²) in [5, 5.41) is 15.2. The Morgan fingerprint density at radius 1 is 1.18 bits per heavy atom. The van der Waals surface area contributed by atoms with Gasteiger partial charge in [0.15, 0.2) is 0 Å². The number of hydrogen-bond donors (Lipinski definition) is 3. The minimum Gasteiger partial charge on any atom is -0.492 e. The third kappa shape index (κ3) is 5.56. The molecule has 1 aromatic rings. The van der Waals surface area contributed by atoms with Gasteiger partial charge in [0, 0.05) is 18.6 Å². The van der Waals surface area contributed by atoms with Gasteiger partial charge in [0.25, 0.3) is 0 Å². The average molecular weight is 306 g/mol. The van der Waals surface area contributed by atoms with Crippen LogP contribution in [0.1, 0.15) is 32.1 Å². The topological polar surface area (TPSA) is 70.6 Å². The van der Waals surface area contributed by atoms with Crippen LogP contribution in [0.2, 0.25) is 0 Å². The number of aliphatic hydroxyl groups is 1. The summed E-state index contributed by atoms with van der Waals surface area (Å²) in [5.41, 5.74) is 0. The predicted molar refractivity (Wildman–Crippen MR) is 85.9 cm³/mol. The highest BCUT2D eigenvalue weighted by atomic mass is 16.5. The lowest BCUT2D eigenvalue weighted by Gasteiger charge is -2.24. The number of para-hydroxylation sites is 1. The second kappa shape index (κ2) is 9.30. The van der Waals surface area contributed by atoms with E-state index in [1.165, 1.54) is 6.42 Å². The normalized spacial score (nSPS) is 21.7. The van der Waals surface area contributed by atoms with Gasteiger partial charge < -0.3 is 20.5 Å². The average Bonchev–Trinajstić information content (AvgIpc) is 2.77. The van der Waals surface area contributed by atoms with Gasteiger partial charge in [-0.3, -0.25) is 0 Å². The molecule has 1 fully saturated rings. The van der Waals surface area contributed by atoms with E-state index < -0.39 is 0 Å². The van der Waals surface area contributed by atoms with Crippen LogP contribution in [0.25, 0.3) is 0 Å². The number of carbonyl (C=O) groups is 1. The van der Waals surface area contributed by atoms with Crippen molar-refractivity contribution in [3.63, 3.8) is 0 Å². The zero-order valence-corrected chi connectivity index (χ0v) is 13.0. The molecule has 3 N–H and O–H groups in total. The summed E-state index contributed by atoms with van der Waals surface area (Å²) >= 11 is 0. The fourth-order valence-electron chi connectivity index (χ4n) is 2.86. The van der Waals surface area contributed by atoms with E-state index in [1.54, 1.807) is 0 Å². The molecule has 1 aliphatic rings. The van der Waals surface area contributed by atoms with E-state index in [1.807, 2.05) is 30.3 Å². The molecule has 0 aromatic heterocycles. The highest BCUT2D eigenvalue weighted by Gasteiger charge is 2.24. The van der Waals surface area contributed by atoms with E-state index >= 15 is 0 Å². The number of hydrogen-bond acceptors (Lipinski definition) is 3. The number of carbonyl (C=O) groups excluding carboxylic acids is 1. The molecule has 5 heteroatoms. The number of rotatable bonds is 6. The molecule has 0 spiro atoms. The SMILES string of the molecule is O=C(NCCOc1ccccc1)NC1CCCCCC1CO. The van der Waals surface area contributed by atoms with Crippen LogP contribution in [0.3, 0.4) is 0 Å². The fourth-order valence-corrected chi connectivity index (χ4v) is 2.86. The number of ether oxygens (including phenoxy) is 1. The second-order valence-electron chi connectivity index (χ2n) is 5.75. The summed E-state index contributed by atoms with van der Waals surface area (Å²) in [6.45, 7) is 1.03. The highest BCUT2D eigenvalue weighted by molar-refractivity contribution is 5.74. The van der Waals surface area contributed by atoms with Gasteiger partial charge in [-0.1, -0.05) is 37.5 Å². The van der Waals surface area contributed by atoms with E-state index in [0.717, 1.165) is 31.4 Å². The maximum atomic E-state index is 11.9. The Hall–Kier alpha value is -1.75. The fraction of sp³-hybridized carbons (Fsp3) is 0.588. The standard InChI is InChI=1S/C17H26N2O3/c20-13-14-7-3-1-6-10-16(14)19-17(21)18-11-12-22-15-8-4-2-5-9-15/h2,4-5,8-9,14,16,20H,1,3,6-7,10-13H2,(H2,18,19,21). The van der Waals surface area contributed by atoms with Crippen LogP contribution in [0, 0.1) is 5.92 Å². The smallest absolute Gasteiger partial charge is 0.315 e. The first-order valence-electron chi connectivity index (χ1n) is 8.12.